The van der Waals surface area contributed by atoms with E-state index in [-0.39, 0.29) is 5.41 Å². The Balaban J connectivity index is 1.73. The van der Waals surface area contributed by atoms with Crippen molar-refractivity contribution < 1.29 is 9.47 Å². The summed E-state index contributed by atoms with van der Waals surface area (Å²) in [5.41, 5.74) is 5.91. The highest BCUT2D eigenvalue weighted by molar-refractivity contribution is 5.94. The summed E-state index contributed by atoms with van der Waals surface area (Å²) in [5, 5.41) is 2.57. The second-order valence-electron chi connectivity index (χ2n) is 11.1. The van der Waals surface area contributed by atoms with Crippen LogP contribution in [0.1, 0.15) is 115 Å². The van der Waals surface area contributed by atoms with Gasteiger partial charge in [-0.05, 0) is 82.3 Å². The lowest BCUT2D eigenvalue weighted by molar-refractivity contribution is 0.390. The number of hydrogen-bond acceptors (Lipinski definition) is 2. The first-order valence-corrected chi connectivity index (χ1v) is 15.0. The molecule has 0 saturated carbocycles. The molecule has 0 aromatic heterocycles. The van der Waals surface area contributed by atoms with Gasteiger partial charge < -0.3 is 9.47 Å². The molecule has 0 atom stereocenters. The highest BCUT2D eigenvalue weighted by Gasteiger charge is 2.42. The van der Waals surface area contributed by atoms with Gasteiger partial charge in [0.1, 0.15) is 11.5 Å². The van der Waals surface area contributed by atoms with E-state index in [0.29, 0.717) is 0 Å². The normalized spacial score (nSPS) is 13.5. The van der Waals surface area contributed by atoms with Crippen molar-refractivity contribution in [3.05, 3.63) is 59.7 Å². The minimum Gasteiger partial charge on any atom is -0.497 e. The van der Waals surface area contributed by atoms with E-state index in [4.69, 9.17) is 9.47 Å². The molecule has 0 aliphatic heterocycles. The fourth-order valence-corrected chi connectivity index (χ4v) is 6.53. The van der Waals surface area contributed by atoms with Crippen LogP contribution in [0.3, 0.4) is 0 Å². The second-order valence-corrected chi connectivity index (χ2v) is 11.1. The fourth-order valence-electron chi connectivity index (χ4n) is 6.53. The maximum Gasteiger partial charge on any atom is 0.119 e. The van der Waals surface area contributed by atoms with E-state index in [1.165, 1.54) is 123 Å². The molecular formula is C35H48O2. The zero-order valence-electron chi connectivity index (χ0n) is 23.8. The van der Waals surface area contributed by atoms with Crippen LogP contribution in [0.5, 0.6) is 11.5 Å². The van der Waals surface area contributed by atoms with E-state index in [0.717, 1.165) is 11.5 Å². The van der Waals surface area contributed by atoms with Gasteiger partial charge in [-0.3, -0.25) is 0 Å². The van der Waals surface area contributed by atoms with Gasteiger partial charge in [0.05, 0.1) is 14.2 Å². The van der Waals surface area contributed by atoms with Gasteiger partial charge in [-0.1, -0.05) is 103 Å². The van der Waals surface area contributed by atoms with Gasteiger partial charge in [-0.2, -0.15) is 0 Å². The Morgan fingerprint density at radius 2 is 1.05 bits per heavy atom. The standard InChI is InChI=1S/C35H48O2/c1-5-7-9-11-13-15-21-35(22-16-14-12-10-8-6-2)33-25-28-23-29(36-3)18-17-27(28)24-32(33)31-20-19-30(37-4)26-34(31)35/h17-20,23-26H,5-16,21-22H2,1-4H3. The number of methoxy groups -OCH3 is 2. The summed E-state index contributed by atoms with van der Waals surface area (Å²) in [6.07, 6.45) is 18.4. The average Bonchev–Trinajstić information content (AvgIpc) is 3.19. The fraction of sp³-hybridized carbons (Fsp3) is 0.543. The van der Waals surface area contributed by atoms with Crippen molar-refractivity contribution in [3.63, 3.8) is 0 Å². The zero-order valence-corrected chi connectivity index (χ0v) is 23.8. The zero-order chi connectivity index (χ0) is 26.1. The Labute approximate surface area is 225 Å². The van der Waals surface area contributed by atoms with Crippen LogP contribution in [0, 0.1) is 0 Å². The molecule has 0 fully saturated rings. The van der Waals surface area contributed by atoms with E-state index in [9.17, 15) is 0 Å². The molecule has 0 bridgehead atoms. The largest absolute Gasteiger partial charge is 0.497 e. The van der Waals surface area contributed by atoms with Crippen molar-refractivity contribution in [2.45, 2.75) is 109 Å². The smallest absolute Gasteiger partial charge is 0.119 e. The van der Waals surface area contributed by atoms with Crippen LogP contribution < -0.4 is 9.47 Å². The molecule has 3 aromatic rings. The number of hydrogen-bond donors (Lipinski definition) is 0. The Hall–Kier alpha value is -2.48. The van der Waals surface area contributed by atoms with Crippen molar-refractivity contribution >= 4 is 10.8 Å². The van der Waals surface area contributed by atoms with Crippen molar-refractivity contribution in [2.75, 3.05) is 14.2 Å². The molecule has 0 heterocycles. The van der Waals surface area contributed by atoms with E-state index in [1.54, 1.807) is 14.2 Å². The van der Waals surface area contributed by atoms with Crippen molar-refractivity contribution in [2.24, 2.45) is 0 Å². The third-order valence-corrected chi connectivity index (χ3v) is 8.65. The van der Waals surface area contributed by atoms with Crippen molar-refractivity contribution in [1.29, 1.82) is 0 Å². The average molecular weight is 501 g/mol. The molecule has 37 heavy (non-hydrogen) atoms. The van der Waals surface area contributed by atoms with Crippen LogP contribution in [0.4, 0.5) is 0 Å². The van der Waals surface area contributed by atoms with Crippen molar-refractivity contribution in [1.82, 2.24) is 0 Å². The van der Waals surface area contributed by atoms with Crippen LogP contribution in [0.2, 0.25) is 0 Å². The first-order chi connectivity index (χ1) is 18.2. The third-order valence-electron chi connectivity index (χ3n) is 8.65. The number of fused-ring (bicyclic) bond motifs is 4. The SMILES string of the molecule is CCCCCCCCC1(CCCCCCCC)c2cc(OC)ccc2-c2cc3ccc(OC)cc3cc21. The Morgan fingerprint density at radius 3 is 1.68 bits per heavy atom. The van der Waals surface area contributed by atoms with Gasteiger partial charge in [0.15, 0.2) is 0 Å². The van der Waals surface area contributed by atoms with Gasteiger partial charge in [-0.25, -0.2) is 0 Å². The molecule has 0 unspecified atom stereocenters. The Morgan fingerprint density at radius 1 is 0.514 bits per heavy atom. The molecular weight excluding hydrogens is 452 g/mol. The van der Waals surface area contributed by atoms with Gasteiger partial charge >= 0.3 is 0 Å². The topological polar surface area (TPSA) is 18.5 Å². The lowest BCUT2D eigenvalue weighted by atomic mass is 9.70. The van der Waals surface area contributed by atoms with Gasteiger partial charge in [0.25, 0.3) is 0 Å². The van der Waals surface area contributed by atoms with Crippen LogP contribution in [0.15, 0.2) is 48.5 Å². The van der Waals surface area contributed by atoms with Gasteiger partial charge in [0, 0.05) is 5.41 Å². The second kappa shape index (κ2) is 13.4. The molecule has 2 heteroatoms. The number of unbranched alkanes of at least 4 members (excludes halogenated alkanes) is 10. The predicted octanol–water partition coefficient (Wildman–Crippen LogP) is 10.6. The molecule has 1 aliphatic carbocycles. The number of benzene rings is 3. The predicted molar refractivity (Wildman–Crippen MR) is 159 cm³/mol. The third kappa shape index (κ3) is 6.16. The minimum absolute atomic E-state index is 0.0615. The monoisotopic (exact) mass is 500 g/mol. The maximum absolute atomic E-state index is 5.76. The van der Waals surface area contributed by atoms with Gasteiger partial charge in [-0.15, -0.1) is 0 Å². The first-order valence-electron chi connectivity index (χ1n) is 15.0. The summed E-state index contributed by atoms with van der Waals surface area (Å²) in [6, 6.07) is 18.2. The van der Waals surface area contributed by atoms with Crippen LogP contribution in [-0.2, 0) is 5.41 Å². The lowest BCUT2D eigenvalue weighted by Crippen LogP contribution is -2.25. The molecule has 0 N–H and O–H groups in total. The molecule has 200 valence electrons. The number of ether oxygens (including phenoxy) is 2. The highest BCUT2D eigenvalue weighted by atomic mass is 16.5. The van der Waals surface area contributed by atoms with Crippen molar-refractivity contribution in [3.8, 4) is 22.6 Å². The summed E-state index contributed by atoms with van der Waals surface area (Å²) in [5.74, 6) is 1.91. The molecule has 1 aliphatic rings. The minimum atomic E-state index is 0.0615. The summed E-state index contributed by atoms with van der Waals surface area (Å²) in [4.78, 5) is 0. The summed E-state index contributed by atoms with van der Waals surface area (Å²) < 4.78 is 11.4. The molecule has 0 amide bonds. The van der Waals surface area contributed by atoms with E-state index >= 15 is 0 Å². The van der Waals surface area contributed by atoms with Gasteiger partial charge in [0.2, 0.25) is 0 Å². The first kappa shape index (κ1) is 27.6. The lowest BCUT2D eigenvalue weighted by Gasteiger charge is -2.33. The quantitative estimate of drug-likeness (QED) is 0.182. The highest BCUT2D eigenvalue weighted by Crippen LogP contribution is 2.56. The van der Waals surface area contributed by atoms with Crippen LogP contribution >= 0.6 is 0 Å². The molecule has 0 radical (unpaired) electrons. The van der Waals surface area contributed by atoms with Crippen LogP contribution in [-0.4, -0.2) is 14.2 Å². The van der Waals surface area contributed by atoms with Crippen LogP contribution in [0.25, 0.3) is 21.9 Å². The van der Waals surface area contributed by atoms with E-state index < -0.39 is 0 Å². The molecule has 2 nitrogen and oxygen atoms in total. The Kier molecular flexibility index (Phi) is 9.95. The summed E-state index contributed by atoms with van der Waals surface area (Å²) in [7, 11) is 3.56. The Bertz CT molecular complexity index is 1130. The molecule has 3 aromatic carbocycles. The summed E-state index contributed by atoms with van der Waals surface area (Å²) >= 11 is 0. The van der Waals surface area contributed by atoms with E-state index in [2.05, 4.69) is 62.4 Å². The maximum atomic E-state index is 5.76. The number of rotatable bonds is 16. The molecule has 4 rings (SSSR count). The summed E-state index contributed by atoms with van der Waals surface area (Å²) in [6.45, 7) is 4.60. The van der Waals surface area contributed by atoms with E-state index in [1.807, 2.05) is 0 Å². The molecule has 0 spiro atoms. The molecule has 0 saturated heterocycles.